The van der Waals surface area contributed by atoms with Crippen LogP contribution in [0.1, 0.15) is 46.5 Å². The van der Waals surface area contributed by atoms with Gasteiger partial charge in [-0.25, -0.2) is 8.42 Å². The molecular weight excluding hydrogens is 222 g/mol. The Morgan fingerprint density at radius 2 is 2.00 bits per heavy atom. The molecule has 4 heteroatoms. The van der Waals surface area contributed by atoms with E-state index in [9.17, 15) is 8.42 Å². The quantitative estimate of drug-likeness (QED) is 0.780. The molecule has 1 fully saturated rings. The molecule has 3 nitrogen and oxygen atoms in total. The van der Waals surface area contributed by atoms with Gasteiger partial charge >= 0.3 is 0 Å². The van der Waals surface area contributed by atoms with Gasteiger partial charge in [0.25, 0.3) is 0 Å². The second-order valence-corrected chi connectivity index (χ2v) is 7.24. The van der Waals surface area contributed by atoms with Gasteiger partial charge in [0, 0.05) is 6.04 Å². The van der Waals surface area contributed by atoms with Gasteiger partial charge in [0.05, 0.1) is 11.0 Å². The number of rotatable bonds is 6. The summed E-state index contributed by atoms with van der Waals surface area (Å²) in [7, 11) is -2.91. The van der Waals surface area contributed by atoms with E-state index in [4.69, 9.17) is 0 Å². The van der Waals surface area contributed by atoms with Crippen LogP contribution in [0.25, 0.3) is 0 Å². The third kappa shape index (κ3) is 3.45. The van der Waals surface area contributed by atoms with Crippen LogP contribution < -0.4 is 5.32 Å². The van der Waals surface area contributed by atoms with Gasteiger partial charge in [-0.2, -0.15) is 0 Å². The summed E-state index contributed by atoms with van der Waals surface area (Å²) in [6, 6.07) is 0.194. The molecule has 16 heavy (non-hydrogen) atoms. The van der Waals surface area contributed by atoms with Crippen LogP contribution in [0.2, 0.25) is 0 Å². The molecule has 0 heterocycles. The predicted octanol–water partition coefficient (Wildman–Crippen LogP) is 1.98. The van der Waals surface area contributed by atoms with Crippen LogP contribution in [0, 0.1) is 5.92 Å². The second kappa shape index (κ2) is 6.01. The van der Waals surface area contributed by atoms with Crippen LogP contribution in [0.5, 0.6) is 0 Å². The zero-order valence-corrected chi connectivity index (χ0v) is 11.5. The van der Waals surface area contributed by atoms with Crippen LogP contribution in [0.15, 0.2) is 0 Å². The Kier molecular flexibility index (Phi) is 5.25. The lowest BCUT2D eigenvalue weighted by atomic mass is 10.2. The van der Waals surface area contributed by atoms with Crippen molar-refractivity contribution in [2.45, 2.75) is 57.7 Å². The minimum atomic E-state index is -2.91. The summed E-state index contributed by atoms with van der Waals surface area (Å²) in [6.45, 7) is 6.97. The molecule has 1 saturated carbocycles. The number of nitrogens with one attached hydrogen (secondary N) is 1. The van der Waals surface area contributed by atoms with Crippen molar-refractivity contribution in [3.8, 4) is 0 Å². The lowest BCUT2D eigenvalue weighted by Crippen LogP contribution is -2.41. The molecule has 1 rings (SSSR count). The molecule has 3 unspecified atom stereocenters. The highest BCUT2D eigenvalue weighted by molar-refractivity contribution is 7.92. The third-order valence-corrected chi connectivity index (χ3v) is 6.11. The highest BCUT2D eigenvalue weighted by Gasteiger charge is 2.37. The lowest BCUT2D eigenvalue weighted by Gasteiger charge is -2.22. The van der Waals surface area contributed by atoms with E-state index in [0.717, 1.165) is 32.2 Å². The first-order valence-electron chi connectivity index (χ1n) is 6.46. The monoisotopic (exact) mass is 247 g/mol. The average Bonchev–Trinajstić information content (AvgIpc) is 2.66. The summed E-state index contributed by atoms with van der Waals surface area (Å²) in [5.74, 6) is 0.642. The van der Waals surface area contributed by atoms with Crippen molar-refractivity contribution in [2.75, 3.05) is 12.3 Å². The second-order valence-electron chi connectivity index (χ2n) is 4.98. The standard InChI is InChI=1S/C12H25NO2S/c1-4-10(3)9-16(14,15)12-8-6-7-11(12)13-5-2/h10-13H,4-9H2,1-3H3. The zero-order chi connectivity index (χ0) is 12.2. The molecule has 1 N–H and O–H groups in total. The van der Waals surface area contributed by atoms with Crippen LogP contribution in [0.4, 0.5) is 0 Å². The van der Waals surface area contributed by atoms with Crippen molar-refractivity contribution in [3.63, 3.8) is 0 Å². The van der Waals surface area contributed by atoms with E-state index in [1.165, 1.54) is 0 Å². The fraction of sp³-hybridized carbons (Fsp3) is 1.00. The van der Waals surface area contributed by atoms with E-state index in [0.29, 0.717) is 5.75 Å². The average molecular weight is 247 g/mol. The first kappa shape index (κ1) is 14.0. The Morgan fingerprint density at radius 1 is 1.31 bits per heavy atom. The van der Waals surface area contributed by atoms with Crippen LogP contribution in [-0.2, 0) is 9.84 Å². The van der Waals surface area contributed by atoms with E-state index in [1.54, 1.807) is 0 Å². The number of sulfone groups is 1. The third-order valence-electron chi connectivity index (χ3n) is 3.59. The Bertz CT molecular complexity index is 300. The van der Waals surface area contributed by atoms with Crippen molar-refractivity contribution < 1.29 is 8.42 Å². The zero-order valence-electron chi connectivity index (χ0n) is 10.7. The Balaban J connectivity index is 2.67. The highest BCUT2D eigenvalue weighted by atomic mass is 32.2. The van der Waals surface area contributed by atoms with Crippen molar-refractivity contribution >= 4 is 9.84 Å². The first-order chi connectivity index (χ1) is 7.51. The van der Waals surface area contributed by atoms with Crippen molar-refractivity contribution in [2.24, 2.45) is 5.92 Å². The molecule has 1 aliphatic rings. The van der Waals surface area contributed by atoms with E-state index in [-0.39, 0.29) is 17.2 Å². The van der Waals surface area contributed by atoms with Gasteiger partial charge in [-0.15, -0.1) is 0 Å². The lowest BCUT2D eigenvalue weighted by molar-refractivity contribution is 0.507. The van der Waals surface area contributed by atoms with Crippen LogP contribution >= 0.6 is 0 Å². The molecule has 0 bridgehead atoms. The Hall–Kier alpha value is -0.0900. The van der Waals surface area contributed by atoms with Crippen LogP contribution in [-0.4, -0.2) is 32.0 Å². The molecule has 0 radical (unpaired) electrons. The molecule has 0 aromatic carbocycles. The Labute approximate surface area is 99.9 Å². The summed E-state index contributed by atoms with van der Waals surface area (Å²) in [6.07, 6.45) is 3.84. The number of hydrogen-bond acceptors (Lipinski definition) is 3. The van der Waals surface area contributed by atoms with Gasteiger partial charge in [-0.1, -0.05) is 33.6 Å². The summed E-state index contributed by atoms with van der Waals surface area (Å²) >= 11 is 0. The fourth-order valence-electron chi connectivity index (χ4n) is 2.49. The molecule has 0 amide bonds. The highest BCUT2D eigenvalue weighted by Crippen LogP contribution is 2.27. The van der Waals surface area contributed by atoms with Gasteiger partial charge in [0.2, 0.25) is 0 Å². The Morgan fingerprint density at radius 3 is 2.56 bits per heavy atom. The molecule has 0 aliphatic heterocycles. The summed E-state index contributed by atoms with van der Waals surface area (Å²) in [4.78, 5) is 0. The van der Waals surface area contributed by atoms with Gasteiger partial charge in [-0.05, 0) is 25.3 Å². The molecule has 1 aliphatic carbocycles. The van der Waals surface area contributed by atoms with E-state index < -0.39 is 9.84 Å². The smallest absolute Gasteiger partial charge is 0.154 e. The maximum absolute atomic E-state index is 12.2. The molecule has 3 atom stereocenters. The fourth-order valence-corrected chi connectivity index (χ4v) is 5.02. The topological polar surface area (TPSA) is 46.2 Å². The predicted molar refractivity (Wildman–Crippen MR) is 68.3 cm³/mol. The number of hydrogen-bond donors (Lipinski definition) is 1. The minimum Gasteiger partial charge on any atom is -0.313 e. The molecule has 96 valence electrons. The van der Waals surface area contributed by atoms with Gasteiger partial charge < -0.3 is 5.32 Å². The van der Waals surface area contributed by atoms with E-state index >= 15 is 0 Å². The molecule has 0 aromatic rings. The minimum absolute atomic E-state index is 0.138. The van der Waals surface area contributed by atoms with Gasteiger partial charge in [0.1, 0.15) is 0 Å². The SMILES string of the molecule is CCNC1CCCC1S(=O)(=O)CC(C)CC. The molecular formula is C12H25NO2S. The van der Waals surface area contributed by atoms with E-state index in [1.807, 2.05) is 13.8 Å². The summed E-state index contributed by atoms with van der Waals surface area (Å²) in [5, 5.41) is 3.18. The van der Waals surface area contributed by atoms with Gasteiger partial charge in [-0.3, -0.25) is 0 Å². The summed E-state index contributed by atoms with van der Waals surface area (Å²) in [5.41, 5.74) is 0. The normalized spacial score (nSPS) is 28.2. The molecule has 0 saturated heterocycles. The van der Waals surface area contributed by atoms with Crippen LogP contribution in [0.3, 0.4) is 0 Å². The molecule has 0 spiro atoms. The van der Waals surface area contributed by atoms with Crippen molar-refractivity contribution in [1.82, 2.24) is 5.32 Å². The van der Waals surface area contributed by atoms with Crippen molar-refractivity contribution in [1.29, 1.82) is 0 Å². The van der Waals surface area contributed by atoms with Gasteiger partial charge in [0.15, 0.2) is 9.84 Å². The maximum Gasteiger partial charge on any atom is 0.154 e. The van der Waals surface area contributed by atoms with Crippen molar-refractivity contribution in [3.05, 3.63) is 0 Å². The van der Waals surface area contributed by atoms with E-state index in [2.05, 4.69) is 12.2 Å². The molecule has 0 aromatic heterocycles. The summed E-state index contributed by atoms with van der Waals surface area (Å²) < 4.78 is 24.5. The maximum atomic E-state index is 12.2. The largest absolute Gasteiger partial charge is 0.313 e. The first-order valence-corrected chi connectivity index (χ1v) is 8.17.